The van der Waals surface area contributed by atoms with E-state index in [1.807, 2.05) is 6.07 Å². The number of hydrogen-bond donors (Lipinski definition) is 1. The van der Waals surface area contributed by atoms with Crippen LogP contribution < -0.4 is 4.90 Å². The molecule has 3 unspecified atom stereocenters. The van der Waals surface area contributed by atoms with Crippen LogP contribution in [0.5, 0.6) is 0 Å². The van der Waals surface area contributed by atoms with Crippen molar-refractivity contribution in [2.75, 3.05) is 4.90 Å². The Balaban J connectivity index is 2.13. The lowest BCUT2D eigenvalue weighted by molar-refractivity contribution is -0.122. The van der Waals surface area contributed by atoms with Gasteiger partial charge >= 0.3 is 0 Å². The summed E-state index contributed by atoms with van der Waals surface area (Å²) in [6.07, 6.45) is 4.27. The first-order valence-corrected chi connectivity index (χ1v) is 6.90. The molecule has 0 saturated carbocycles. The molecule has 0 radical (unpaired) electrons. The summed E-state index contributed by atoms with van der Waals surface area (Å²) in [5.74, 6) is -1.18. The minimum atomic E-state index is -1.34. The number of hydrogen-bond acceptors (Lipinski definition) is 2. The number of carbonyl (C=O) groups excluding carboxylic acids is 1. The number of para-hydroxylation sites is 1. The Morgan fingerprint density at radius 3 is 2.67 bits per heavy atom. The fourth-order valence-electron chi connectivity index (χ4n) is 2.75. The summed E-state index contributed by atoms with van der Waals surface area (Å²) >= 11 is 0. The second-order valence-electron chi connectivity index (χ2n) is 5.23. The molecule has 1 aliphatic carbocycles. The highest BCUT2D eigenvalue weighted by atomic mass is 19.1. The number of alkyl halides is 1. The number of anilines is 1. The van der Waals surface area contributed by atoms with Crippen molar-refractivity contribution < 1.29 is 14.3 Å². The van der Waals surface area contributed by atoms with Gasteiger partial charge in [0.05, 0.1) is 17.7 Å². The minimum absolute atomic E-state index is 0.345. The van der Waals surface area contributed by atoms with Gasteiger partial charge in [0.1, 0.15) is 6.17 Å². The molecule has 1 heterocycles. The van der Waals surface area contributed by atoms with Crippen LogP contribution in [0.2, 0.25) is 0 Å². The number of aliphatic hydroxyl groups excluding tert-OH is 1. The van der Waals surface area contributed by atoms with Gasteiger partial charge in [0.25, 0.3) is 0 Å². The first-order valence-electron chi connectivity index (χ1n) is 6.90. The normalized spacial score (nSPS) is 26.0. The fourth-order valence-corrected chi connectivity index (χ4v) is 2.75. The maximum Gasteiger partial charge on any atom is 0.242 e. The number of aliphatic hydroxyl groups is 1. The Kier molecular flexibility index (Phi) is 3.47. The average molecular weight is 285 g/mol. The van der Waals surface area contributed by atoms with Crippen LogP contribution in [0.25, 0.3) is 0 Å². The highest BCUT2D eigenvalue weighted by Gasteiger charge is 2.40. The third-order valence-electron chi connectivity index (χ3n) is 3.76. The van der Waals surface area contributed by atoms with E-state index in [4.69, 9.17) is 0 Å². The molecule has 1 aliphatic heterocycles. The molecule has 2 aliphatic rings. The Morgan fingerprint density at radius 2 is 2.00 bits per heavy atom. The predicted molar refractivity (Wildman–Crippen MR) is 79.3 cm³/mol. The van der Waals surface area contributed by atoms with Gasteiger partial charge in [-0.3, -0.25) is 9.69 Å². The first kappa shape index (κ1) is 13.8. The molecule has 3 nitrogen and oxygen atoms in total. The monoisotopic (exact) mass is 285 g/mol. The Hall–Kier alpha value is -2.20. The SMILES string of the molecule is CC(O)C1=CC2=CC=CC(F)C2C(=O)N1c1ccccc1. The highest BCUT2D eigenvalue weighted by Crippen LogP contribution is 2.36. The molecule has 3 atom stereocenters. The molecule has 0 spiro atoms. The molecule has 4 heteroatoms. The number of halogens is 1. The Labute approximate surface area is 122 Å². The zero-order chi connectivity index (χ0) is 15.0. The molecule has 0 aromatic heterocycles. The molecule has 1 amide bonds. The van der Waals surface area contributed by atoms with Crippen LogP contribution in [0, 0.1) is 5.92 Å². The van der Waals surface area contributed by atoms with Crippen molar-refractivity contribution >= 4 is 11.6 Å². The number of amides is 1. The summed E-state index contributed by atoms with van der Waals surface area (Å²) in [7, 11) is 0. The zero-order valence-corrected chi connectivity index (χ0v) is 11.6. The third-order valence-corrected chi connectivity index (χ3v) is 3.76. The van der Waals surface area contributed by atoms with E-state index in [1.165, 1.54) is 11.0 Å². The van der Waals surface area contributed by atoms with Crippen LogP contribution in [-0.2, 0) is 4.79 Å². The van der Waals surface area contributed by atoms with Gasteiger partial charge in [0.15, 0.2) is 0 Å². The molecular weight excluding hydrogens is 269 g/mol. The standard InChI is InChI=1S/C17H16FNO2/c1-11(20)15-10-12-6-5-9-14(18)16(12)17(21)19(15)13-7-3-2-4-8-13/h2-11,14,16,20H,1H3. The summed E-state index contributed by atoms with van der Waals surface area (Å²) in [5.41, 5.74) is 1.71. The number of benzene rings is 1. The molecule has 1 aromatic carbocycles. The van der Waals surface area contributed by atoms with Gasteiger partial charge in [-0.1, -0.05) is 30.4 Å². The molecule has 1 aromatic rings. The lowest BCUT2D eigenvalue weighted by atomic mass is 9.84. The van der Waals surface area contributed by atoms with Gasteiger partial charge < -0.3 is 5.11 Å². The van der Waals surface area contributed by atoms with Crippen LogP contribution in [-0.4, -0.2) is 23.3 Å². The van der Waals surface area contributed by atoms with E-state index in [9.17, 15) is 14.3 Å². The van der Waals surface area contributed by atoms with Gasteiger partial charge in [0, 0.05) is 5.69 Å². The van der Waals surface area contributed by atoms with E-state index in [1.54, 1.807) is 49.4 Å². The summed E-state index contributed by atoms with van der Waals surface area (Å²) < 4.78 is 14.1. The second kappa shape index (κ2) is 5.30. The molecule has 3 rings (SSSR count). The molecule has 108 valence electrons. The fraction of sp³-hybridized carbons (Fsp3) is 0.235. The summed E-state index contributed by atoms with van der Waals surface area (Å²) in [5, 5.41) is 9.98. The maximum atomic E-state index is 14.1. The third kappa shape index (κ3) is 2.32. The van der Waals surface area contributed by atoms with Gasteiger partial charge in [0.2, 0.25) is 5.91 Å². The van der Waals surface area contributed by atoms with Gasteiger partial charge in [-0.2, -0.15) is 0 Å². The van der Waals surface area contributed by atoms with E-state index in [-0.39, 0.29) is 5.91 Å². The number of carbonyl (C=O) groups is 1. The molecule has 0 saturated heterocycles. The lowest BCUT2D eigenvalue weighted by Crippen LogP contribution is -2.46. The van der Waals surface area contributed by atoms with E-state index in [0.717, 1.165) is 0 Å². The summed E-state index contributed by atoms with van der Waals surface area (Å²) in [6, 6.07) is 9.00. The second-order valence-corrected chi connectivity index (χ2v) is 5.23. The van der Waals surface area contributed by atoms with Crippen molar-refractivity contribution in [1.29, 1.82) is 0 Å². The van der Waals surface area contributed by atoms with E-state index in [0.29, 0.717) is 17.0 Å². The number of rotatable bonds is 2. The van der Waals surface area contributed by atoms with Gasteiger partial charge in [-0.05, 0) is 36.8 Å². The van der Waals surface area contributed by atoms with Gasteiger partial charge in [-0.25, -0.2) is 4.39 Å². The van der Waals surface area contributed by atoms with Crippen LogP contribution in [0.3, 0.4) is 0 Å². The van der Waals surface area contributed by atoms with Crippen LogP contribution in [0.15, 0.2) is 65.9 Å². The molecule has 0 fully saturated rings. The van der Waals surface area contributed by atoms with E-state index >= 15 is 0 Å². The van der Waals surface area contributed by atoms with Crippen LogP contribution in [0.1, 0.15) is 6.92 Å². The number of allylic oxidation sites excluding steroid dienone is 4. The average Bonchev–Trinajstić information content (AvgIpc) is 2.47. The largest absolute Gasteiger partial charge is 0.387 e. The summed E-state index contributed by atoms with van der Waals surface area (Å²) in [4.78, 5) is 14.2. The minimum Gasteiger partial charge on any atom is -0.387 e. The quantitative estimate of drug-likeness (QED) is 0.907. The number of nitrogens with zero attached hydrogens (tertiary/aromatic N) is 1. The van der Waals surface area contributed by atoms with Crippen molar-refractivity contribution in [3.05, 3.63) is 65.9 Å². The number of fused-ring (bicyclic) bond motifs is 1. The highest BCUT2D eigenvalue weighted by molar-refractivity contribution is 6.02. The predicted octanol–water partition coefficient (Wildman–Crippen LogP) is 2.75. The Morgan fingerprint density at radius 1 is 1.29 bits per heavy atom. The van der Waals surface area contributed by atoms with E-state index in [2.05, 4.69) is 0 Å². The first-order chi connectivity index (χ1) is 10.1. The molecular formula is C17H16FNO2. The summed E-state index contributed by atoms with van der Waals surface area (Å²) in [6.45, 7) is 1.60. The molecule has 1 N–H and O–H groups in total. The van der Waals surface area contributed by atoms with Gasteiger partial charge in [-0.15, -0.1) is 0 Å². The zero-order valence-electron chi connectivity index (χ0n) is 11.6. The van der Waals surface area contributed by atoms with Crippen molar-refractivity contribution in [3.63, 3.8) is 0 Å². The Bertz CT molecular complexity index is 646. The van der Waals surface area contributed by atoms with Crippen molar-refractivity contribution in [2.24, 2.45) is 5.92 Å². The van der Waals surface area contributed by atoms with Crippen LogP contribution >= 0.6 is 0 Å². The topological polar surface area (TPSA) is 40.5 Å². The van der Waals surface area contributed by atoms with Crippen molar-refractivity contribution in [3.8, 4) is 0 Å². The van der Waals surface area contributed by atoms with Crippen molar-refractivity contribution in [1.82, 2.24) is 0 Å². The molecule has 0 bridgehead atoms. The smallest absolute Gasteiger partial charge is 0.242 e. The van der Waals surface area contributed by atoms with Crippen LogP contribution in [0.4, 0.5) is 10.1 Å². The maximum absolute atomic E-state index is 14.1. The van der Waals surface area contributed by atoms with Crippen molar-refractivity contribution in [2.45, 2.75) is 19.2 Å². The van der Waals surface area contributed by atoms with E-state index < -0.39 is 18.2 Å². The lowest BCUT2D eigenvalue weighted by Gasteiger charge is -2.37. The molecule has 21 heavy (non-hydrogen) atoms.